The van der Waals surface area contributed by atoms with E-state index in [-0.39, 0.29) is 12.5 Å². The molecule has 0 fully saturated rings. The number of aryl methyl sites for hydroxylation is 1. The van der Waals surface area contributed by atoms with Gasteiger partial charge < -0.3 is 15.1 Å². The number of hydrogen-bond acceptors (Lipinski definition) is 4. The van der Waals surface area contributed by atoms with E-state index in [2.05, 4.69) is 11.8 Å². The molecule has 4 nitrogen and oxygen atoms in total. The third kappa shape index (κ3) is 4.67. The third-order valence-electron chi connectivity index (χ3n) is 2.45. The zero-order valence-corrected chi connectivity index (χ0v) is 12.3. The van der Waals surface area contributed by atoms with E-state index in [0.29, 0.717) is 17.8 Å². The quantitative estimate of drug-likeness (QED) is 0.816. The molecule has 0 aliphatic rings. The number of likely N-dealkylation sites (N-methyl/N-ethyl adjacent to an activating group) is 1. The summed E-state index contributed by atoms with van der Waals surface area (Å²) >= 11 is 1.35. The highest BCUT2D eigenvalue weighted by molar-refractivity contribution is 7.14. The molecule has 1 rings (SSSR count). The predicted octanol–water partition coefficient (Wildman–Crippen LogP) is 1.24. The molecular formula is C14H19NO3S. The number of hydrogen-bond donors (Lipinski definition) is 2. The molecule has 0 bridgehead atoms. The van der Waals surface area contributed by atoms with Crippen LogP contribution in [0.3, 0.4) is 0 Å². The number of rotatable bonds is 4. The highest BCUT2D eigenvalue weighted by Gasteiger charge is 2.16. The maximum Gasteiger partial charge on any atom is 0.263 e. The predicted molar refractivity (Wildman–Crippen MR) is 76.3 cm³/mol. The molecule has 0 radical (unpaired) electrons. The zero-order valence-electron chi connectivity index (χ0n) is 11.4. The Kier molecular flexibility index (Phi) is 6.03. The summed E-state index contributed by atoms with van der Waals surface area (Å²) in [6.45, 7) is 3.90. The number of amides is 1. The molecule has 0 spiro atoms. The van der Waals surface area contributed by atoms with E-state index < -0.39 is 6.10 Å². The van der Waals surface area contributed by atoms with Gasteiger partial charge in [0.2, 0.25) is 0 Å². The topological polar surface area (TPSA) is 60.8 Å². The molecule has 1 amide bonds. The Morgan fingerprint density at radius 2 is 2.26 bits per heavy atom. The smallest absolute Gasteiger partial charge is 0.263 e. The fourth-order valence-electron chi connectivity index (χ4n) is 1.58. The summed E-state index contributed by atoms with van der Waals surface area (Å²) in [7, 11) is 1.67. The van der Waals surface area contributed by atoms with E-state index >= 15 is 0 Å². The molecule has 5 heteroatoms. The maximum absolute atomic E-state index is 12.1. The van der Waals surface area contributed by atoms with Gasteiger partial charge in [-0.05, 0) is 25.5 Å². The van der Waals surface area contributed by atoms with Crippen LogP contribution in [-0.2, 0) is 0 Å². The van der Waals surface area contributed by atoms with E-state index in [9.17, 15) is 9.90 Å². The van der Waals surface area contributed by atoms with Crippen LogP contribution in [0.1, 0.15) is 33.5 Å². The molecule has 0 aliphatic heterocycles. The van der Waals surface area contributed by atoms with Crippen LogP contribution in [0.15, 0.2) is 6.07 Å². The first-order valence-electron chi connectivity index (χ1n) is 6.09. The van der Waals surface area contributed by atoms with Crippen LogP contribution in [0.5, 0.6) is 0 Å². The average molecular weight is 281 g/mol. The van der Waals surface area contributed by atoms with Gasteiger partial charge in [-0.2, -0.15) is 0 Å². The average Bonchev–Trinajstić information content (AvgIpc) is 2.69. The molecule has 0 saturated carbocycles. The first kappa shape index (κ1) is 15.7. The van der Waals surface area contributed by atoms with Crippen molar-refractivity contribution in [3.05, 3.63) is 21.4 Å². The Morgan fingerprint density at radius 1 is 1.58 bits per heavy atom. The van der Waals surface area contributed by atoms with Crippen molar-refractivity contribution in [2.75, 3.05) is 20.2 Å². The van der Waals surface area contributed by atoms with E-state index in [0.717, 1.165) is 10.4 Å². The number of carbonyl (C=O) groups is 1. The van der Waals surface area contributed by atoms with Crippen molar-refractivity contribution < 1.29 is 15.0 Å². The highest BCUT2D eigenvalue weighted by Crippen LogP contribution is 2.22. The van der Waals surface area contributed by atoms with Crippen LogP contribution in [0.2, 0.25) is 0 Å². The summed E-state index contributed by atoms with van der Waals surface area (Å²) in [5, 5.41) is 18.0. The molecule has 0 saturated heterocycles. The van der Waals surface area contributed by atoms with Crippen LogP contribution < -0.4 is 0 Å². The van der Waals surface area contributed by atoms with Gasteiger partial charge in [0.1, 0.15) is 0 Å². The van der Waals surface area contributed by atoms with Crippen LogP contribution in [-0.4, -0.2) is 47.3 Å². The molecule has 1 atom stereocenters. The Morgan fingerprint density at radius 3 is 2.84 bits per heavy atom. The lowest BCUT2D eigenvalue weighted by atomic mass is 10.2. The Bertz CT molecular complexity index is 497. The standard InChI is InChI=1S/C14H19NO3S/c1-10-8-13(14(18)15(3)9-11(2)17)19-12(10)6-4-5-7-16/h8,11,16-17H,5,7,9H2,1-3H3. The third-order valence-corrected chi connectivity index (χ3v) is 3.59. The fourth-order valence-corrected chi connectivity index (χ4v) is 2.62. The minimum Gasteiger partial charge on any atom is -0.395 e. The SMILES string of the molecule is Cc1cc(C(=O)N(C)CC(C)O)sc1C#CCCO. The van der Waals surface area contributed by atoms with Gasteiger partial charge in [0.15, 0.2) is 0 Å². The summed E-state index contributed by atoms with van der Waals surface area (Å²) in [4.78, 5) is 15.1. The lowest BCUT2D eigenvalue weighted by Crippen LogP contribution is -2.32. The first-order valence-corrected chi connectivity index (χ1v) is 6.91. The van der Waals surface area contributed by atoms with Gasteiger partial charge in [-0.1, -0.05) is 11.8 Å². The molecule has 19 heavy (non-hydrogen) atoms. The molecule has 2 N–H and O–H groups in total. The normalized spacial score (nSPS) is 11.6. The number of thiophene rings is 1. The second kappa shape index (κ2) is 7.29. The van der Waals surface area contributed by atoms with Crippen molar-refractivity contribution in [3.63, 3.8) is 0 Å². The number of aliphatic hydroxyl groups is 2. The largest absolute Gasteiger partial charge is 0.395 e. The van der Waals surface area contributed by atoms with Crippen molar-refractivity contribution in [2.24, 2.45) is 0 Å². The molecule has 104 valence electrons. The van der Waals surface area contributed by atoms with Crippen LogP contribution >= 0.6 is 11.3 Å². The minimum absolute atomic E-state index is 0.0420. The number of aliphatic hydroxyl groups excluding tert-OH is 2. The maximum atomic E-state index is 12.1. The highest BCUT2D eigenvalue weighted by atomic mass is 32.1. The molecule has 1 unspecified atom stereocenters. The number of carbonyl (C=O) groups excluding carboxylic acids is 1. The van der Waals surface area contributed by atoms with Crippen molar-refractivity contribution in [2.45, 2.75) is 26.4 Å². The summed E-state index contributed by atoms with van der Waals surface area (Å²) in [6.07, 6.45) is -0.110. The Balaban J connectivity index is 2.83. The van der Waals surface area contributed by atoms with Gasteiger partial charge in [-0.15, -0.1) is 11.3 Å². The molecule has 1 aromatic heterocycles. The van der Waals surface area contributed by atoms with Crippen LogP contribution in [0.4, 0.5) is 0 Å². The van der Waals surface area contributed by atoms with E-state index in [1.807, 2.05) is 13.0 Å². The molecule has 1 heterocycles. The molecule has 0 aromatic carbocycles. The molecule has 1 aromatic rings. The minimum atomic E-state index is -0.543. The van der Waals surface area contributed by atoms with Crippen LogP contribution in [0.25, 0.3) is 0 Å². The van der Waals surface area contributed by atoms with Crippen molar-refractivity contribution in [1.82, 2.24) is 4.90 Å². The summed E-state index contributed by atoms with van der Waals surface area (Å²) in [5.41, 5.74) is 0.962. The van der Waals surface area contributed by atoms with E-state index in [4.69, 9.17) is 5.11 Å². The van der Waals surface area contributed by atoms with Gasteiger partial charge in [0.05, 0.1) is 22.5 Å². The van der Waals surface area contributed by atoms with Gasteiger partial charge in [-0.25, -0.2) is 0 Å². The number of nitrogens with zero attached hydrogens (tertiary/aromatic N) is 1. The second-order valence-corrected chi connectivity index (χ2v) is 5.49. The Labute approximate surface area is 117 Å². The molecule has 0 aliphatic carbocycles. The summed E-state index contributed by atoms with van der Waals surface area (Å²) in [6, 6.07) is 1.81. The second-order valence-electron chi connectivity index (χ2n) is 4.43. The summed E-state index contributed by atoms with van der Waals surface area (Å²) < 4.78 is 0. The van der Waals surface area contributed by atoms with Gasteiger partial charge in [-0.3, -0.25) is 4.79 Å². The van der Waals surface area contributed by atoms with E-state index in [1.165, 1.54) is 16.2 Å². The Hall–Kier alpha value is -1.35. The van der Waals surface area contributed by atoms with Crippen LogP contribution in [0, 0.1) is 18.8 Å². The lowest BCUT2D eigenvalue weighted by Gasteiger charge is -2.17. The van der Waals surface area contributed by atoms with Gasteiger partial charge >= 0.3 is 0 Å². The summed E-state index contributed by atoms with van der Waals surface area (Å²) in [5.74, 6) is 5.70. The fraction of sp³-hybridized carbons (Fsp3) is 0.500. The zero-order chi connectivity index (χ0) is 14.4. The lowest BCUT2D eigenvalue weighted by molar-refractivity contribution is 0.0708. The van der Waals surface area contributed by atoms with Crippen molar-refractivity contribution in [1.29, 1.82) is 0 Å². The molecular weight excluding hydrogens is 262 g/mol. The van der Waals surface area contributed by atoms with Gasteiger partial charge in [0, 0.05) is 20.0 Å². The monoisotopic (exact) mass is 281 g/mol. The van der Waals surface area contributed by atoms with Crippen molar-refractivity contribution >= 4 is 17.2 Å². The van der Waals surface area contributed by atoms with E-state index in [1.54, 1.807) is 14.0 Å². The van der Waals surface area contributed by atoms with Crippen molar-refractivity contribution in [3.8, 4) is 11.8 Å². The first-order chi connectivity index (χ1) is 8.95. The van der Waals surface area contributed by atoms with Gasteiger partial charge in [0.25, 0.3) is 5.91 Å².